The molecule has 0 bridgehead atoms. The minimum absolute atomic E-state index is 0.157. The van der Waals surface area contributed by atoms with Crippen molar-refractivity contribution < 1.29 is 16.1 Å². The molecule has 0 aromatic heterocycles. The maximum absolute atomic E-state index is 8.92. The Balaban J connectivity index is 4.82. The van der Waals surface area contributed by atoms with E-state index in [9.17, 15) is 0 Å². The second-order valence-electron chi connectivity index (χ2n) is 2.28. The quantitative estimate of drug-likeness (QED) is 0.630. The zero-order chi connectivity index (χ0) is 15.5. The lowest BCUT2D eigenvalue weighted by Crippen LogP contribution is -1.80. The van der Waals surface area contributed by atoms with Gasteiger partial charge in [-0.05, 0) is 33.5 Å². The average molecular weight is 162 g/mol. The predicted molar refractivity (Wildman–Crippen MR) is 49.5 cm³/mol. The molecular formula is C10H18O. The first-order valence-electron chi connectivity index (χ1n) is 7.35. The van der Waals surface area contributed by atoms with Crippen LogP contribution in [0.25, 0.3) is 0 Å². The molecule has 0 aliphatic heterocycles. The third-order valence-corrected chi connectivity index (χ3v) is 1.20. The van der Waals surface area contributed by atoms with Gasteiger partial charge in [-0.15, -0.1) is 0 Å². The monoisotopic (exact) mass is 162 g/mol. The van der Waals surface area contributed by atoms with Gasteiger partial charge in [0.2, 0.25) is 0 Å². The highest BCUT2D eigenvalue weighted by molar-refractivity contribution is 5.01. The van der Waals surface area contributed by atoms with Gasteiger partial charge in [0.15, 0.2) is 0 Å². The summed E-state index contributed by atoms with van der Waals surface area (Å²) in [6.07, 6.45) is 2.58. The van der Waals surface area contributed by atoms with Crippen molar-refractivity contribution in [3.8, 4) is 0 Å². The predicted octanol–water partition coefficient (Wildman–Crippen LogP) is 2.67. The Morgan fingerprint density at radius 2 is 2.27 bits per heavy atom. The van der Waals surface area contributed by atoms with Crippen LogP contribution in [0.1, 0.15) is 44.4 Å². The molecule has 1 N–H and O–H groups in total. The summed E-state index contributed by atoms with van der Waals surface area (Å²) in [6.45, 7) is -6.19. The van der Waals surface area contributed by atoms with Crippen LogP contribution < -0.4 is 0 Å². The summed E-state index contributed by atoms with van der Waals surface area (Å²) in [4.78, 5) is 0. The first kappa shape index (κ1) is 3.06. The van der Waals surface area contributed by atoms with E-state index in [0.29, 0.717) is 5.57 Å². The Labute approximate surface area is 80.7 Å². The minimum atomic E-state index is -2.67. The van der Waals surface area contributed by atoms with Crippen LogP contribution in [-0.2, 0) is 0 Å². The first-order chi connectivity index (χ1) is 8.23. The lowest BCUT2D eigenvalue weighted by atomic mass is 10.1. The van der Waals surface area contributed by atoms with Crippen LogP contribution in [0.4, 0.5) is 0 Å². The number of aliphatic hydroxyl groups is 1. The average Bonchev–Trinajstić information content (AvgIpc) is 2.04. The van der Waals surface area contributed by atoms with E-state index >= 15 is 0 Å². The number of rotatable bonds is 4. The Hall–Kier alpha value is -0.560. The molecule has 0 amide bonds. The minimum Gasteiger partial charge on any atom is -0.392 e. The summed E-state index contributed by atoms with van der Waals surface area (Å²) >= 11 is 0. The second-order valence-corrected chi connectivity index (χ2v) is 2.28. The normalized spacial score (nSPS) is 25.8. The zero-order valence-electron chi connectivity index (χ0n) is 14.5. The Kier molecular flexibility index (Phi) is 1.72. The van der Waals surface area contributed by atoms with Crippen LogP contribution in [0.3, 0.4) is 0 Å². The van der Waals surface area contributed by atoms with Gasteiger partial charge in [0.05, 0.1) is 9.30 Å². The standard InChI is InChI=1S/C10H18O/c1-9(2)5-4-6-10(3)7-8-11/h5,7,11H,4,6,8H2,1-3H3/b10-7+/i1D3,2D3,8D2. The van der Waals surface area contributed by atoms with E-state index in [1.165, 1.54) is 0 Å². The van der Waals surface area contributed by atoms with Crippen LogP contribution in [0.2, 0.25) is 0 Å². The van der Waals surface area contributed by atoms with E-state index in [2.05, 4.69) is 0 Å². The van der Waals surface area contributed by atoms with Crippen LogP contribution in [0.15, 0.2) is 23.3 Å². The molecule has 0 aromatic rings. The third-order valence-electron chi connectivity index (χ3n) is 1.20. The maximum Gasteiger partial charge on any atom is 0.0614 e. The van der Waals surface area contributed by atoms with Crippen molar-refractivity contribution in [3.63, 3.8) is 0 Å². The molecule has 0 atom stereocenters. The molecule has 1 nitrogen and oxygen atoms in total. The molecule has 0 aromatic carbocycles. The van der Waals surface area contributed by atoms with Crippen molar-refractivity contribution in [2.45, 2.75) is 33.5 Å². The van der Waals surface area contributed by atoms with Gasteiger partial charge in [0, 0.05) is 8.22 Å². The summed E-state index contributed by atoms with van der Waals surface area (Å²) in [5, 5.41) is 8.92. The molecule has 0 heterocycles. The lowest BCUT2D eigenvalue weighted by Gasteiger charge is -1.96. The highest BCUT2D eigenvalue weighted by Gasteiger charge is 1.86. The summed E-state index contributed by atoms with van der Waals surface area (Å²) in [6, 6.07) is 0. The smallest absolute Gasteiger partial charge is 0.0614 e. The molecule has 1 heteroatoms. The molecule has 0 aliphatic carbocycles. The molecule has 0 aliphatic rings. The van der Waals surface area contributed by atoms with Gasteiger partial charge in [-0.1, -0.05) is 23.3 Å². The topological polar surface area (TPSA) is 20.2 Å². The summed E-state index contributed by atoms with van der Waals surface area (Å²) in [5.74, 6) is 0. The van der Waals surface area contributed by atoms with Gasteiger partial charge in [-0.25, -0.2) is 0 Å². The Morgan fingerprint density at radius 3 is 2.82 bits per heavy atom. The molecule has 64 valence electrons. The zero-order valence-corrected chi connectivity index (χ0v) is 6.52. The molecule has 0 saturated carbocycles. The fourth-order valence-corrected chi connectivity index (χ4v) is 0.627. The van der Waals surface area contributed by atoms with Crippen molar-refractivity contribution >= 4 is 0 Å². The van der Waals surface area contributed by atoms with E-state index in [0.717, 1.165) is 12.2 Å². The van der Waals surface area contributed by atoms with E-state index in [4.69, 9.17) is 16.1 Å². The number of hydrogen-bond donors (Lipinski definition) is 1. The SMILES string of the molecule is [2H]C([2H])(O)/C=C(\C)CCC=C(C([2H])([2H])[2H])C([2H])([2H])[2H]. The fourth-order valence-electron chi connectivity index (χ4n) is 0.627. The van der Waals surface area contributed by atoms with Crippen molar-refractivity contribution in [1.29, 1.82) is 0 Å². The van der Waals surface area contributed by atoms with E-state index < -0.39 is 25.8 Å². The van der Waals surface area contributed by atoms with E-state index in [-0.39, 0.29) is 12.8 Å². The molecule has 0 fully saturated rings. The molecule has 0 radical (unpaired) electrons. The van der Waals surface area contributed by atoms with E-state index in [1.807, 2.05) is 0 Å². The van der Waals surface area contributed by atoms with Crippen molar-refractivity contribution in [3.05, 3.63) is 23.3 Å². The lowest BCUT2D eigenvalue weighted by molar-refractivity contribution is 0.341. The first-order valence-corrected chi connectivity index (χ1v) is 3.35. The molecule has 0 unspecified atom stereocenters. The molecule has 0 rings (SSSR count). The van der Waals surface area contributed by atoms with Gasteiger partial charge in [-0.2, -0.15) is 0 Å². The van der Waals surface area contributed by atoms with E-state index in [1.54, 1.807) is 6.92 Å². The van der Waals surface area contributed by atoms with Crippen molar-refractivity contribution in [1.82, 2.24) is 0 Å². The highest BCUT2D eigenvalue weighted by Crippen LogP contribution is 2.05. The highest BCUT2D eigenvalue weighted by atomic mass is 16.2. The van der Waals surface area contributed by atoms with Crippen LogP contribution >= 0.6 is 0 Å². The summed E-state index contributed by atoms with van der Waals surface area (Å²) in [7, 11) is 0. The summed E-state index contributed by atoms with van der Waals surface area (Å²) < 4.78 is 56.9. The summed E-state index contributed by atoms with van der Waals surface area (Å²) in [5.41, 5.74) is -0.0704. The fraction of sp³-hybridized carbons (Fsp3) is 0.600. The van der Waals surface area contributed by atoms with Crippen LogP contribution in [0, 0.1) is 0 Å². The van der Waals surface area contributed by atoms with Gasteiger partial charge >= 0.3 is 0 Å². The maximum atomic E-state index is 8.92. The number of hydrogen-bond acceptors (Lipinski definition) is 1. The van der Waals surface area contributed by atoms with Crippen LogP contribution in [0.5, 0.6) is 0 Å². The van der Waals surface area contributed by atoms with Gasteiger partial charge in [-0.3, -0.25) is 0 Å². The van der Waals surface area contributed by atoms with Gasteiger partial charge in [0.25, 0.3) is 0 Å². The Morgan fingerprint density at radius 1 is 1.55 bits per heavy atom. The number of allylic oxidation sites excluding steroid dienone is 3. The molecule has 0 saturated heterocycles. The van der Waals surface area contributed by atoms with Crippen molar-refractivity contribution in [2.24, 2.45) is 0 Å². The van der Waals surface area contributed by atoms with Crippen molar-refractivity contribution in [2.75, 3.05) is 6.56 Å². The van der Waals surface area contributed by atoms with Gasteiger partial charge < -0.3 is 5.11 Å². The molecular weight excluding hydrogens is 136 g/mol. The Bertz CT molecular complexity index is 339. The second kappa shape index (κ2) is 6.17. The molecule has 11 heavy (non-hydrogen) atoms. The third kappa shape index (κ3) is 7.34. The largest absolute Gasteiger partial charge is 0.392 e. The molecule has 0 spiro atoms. The van der Waals surface area contributed by atoms with Gasteiger partial charge in [0.1, 0.15) is 0 Å². The van der Waals surface area contributed by atoms with Crippen LogP contribution in [-0.4, -0.2) is 11.7 Å².